The molecule has 0 radical (unpaired) electrons. The van der Waals surface area contributed by atoms with Crippen LogP contribution < -0.4 is 5.32 Å². The summed E-state index contributed by atoms with van der Waals surface area (Å²) in [6, 6.07) is 9.69. The molecule has 0 spiro atoms. The van der Waals surface area contributed by atoms with Crippen molar-refractivity contribution in [1.29, 1.82) is 0 Å². The van der Waals surface area contributed by atoms with Crippen LogP contribution in [0.4, 0.5) is 5.69 Å². The van der Waals surface area contributed by atoms with Gasteiger partial charge in [-0.1, -0.05) is 12.1 Å². The number of hydrogen-bond donors (Lipinski definition) is 1. The fourth-order valence-electron chi connectivity index (χ4n) is 1.85. The van der Waals surface area contributed by atoms with Crippen LogP contribution in [0.5, 0.6) is 0 Å². The minimum Gasteiger partial charge on any atom is -0.349 e. The summed E-state index contributed by atoms with van der Waals surface area (Å²) in [6.07, 6.45) is 0.748. The van der Waals surface area contributed by atoms with Gasteiger partial charge in [-0.15, -0.1) is 11.3 Å². The predicted molar refractivity (Wildman–Crippen MR) is 78.0 cm³/mol. The lowest BCUT2D eigenvalue weighted by molar-refractivity contribution is -0.384. The summed E-state index contributed by atoms with van der Waals surface area (Å²) in [4.78, 5) is 23.4. The SMILES string of the molecule is CC(Cc1cccs1)NC(=O)c1cccc([N+](=O)[O-])c1. The van der Waals surface area contributed by atoms with Gasteiger partial charge in [0.05, 0.1) is 4.92 Å². The van der Waals surface area contributed by atoms with Crippen molar-refractivity contribution in [2.45, 2.75) is 19.4 Å². The number of non-ortho nitro benzene ring substituents is 1. The minimum atomic E-state index is -0.508. The number of hydrogen-bond acceptors (Lipinski definition) is 4. The van der Waals surface area contributed by atoms with E-state index >= 15 is 0 Å². The molecule has 0 saturated carbocycles. The standard InChI is InChI=1S/C14H14N2O3S/c1-10(8-13-6-3-7-20-13)15-14(17)11-4-2-5-12(9-11)16(18)19/h2-7,9-10H,8H2,1H3,(H,15,17). The number of nitro groups is 1. The van der Waals surface area contributed by atoms with Gasteiger partial charge >= 0.3 is 0 Å². The molecular formula is C14H14N2O3S. The molecule has 1 heterocycles. The molecule has 1 aromatic heterocycles. The van der Waals surface area contributed by atoms with Gasteiger partial charge in [0.15, 0.2) is 0 Å². The van der Waals surface area contributed by atoms with Crippen molar-refractivity contribution in [2.75, 3.05) is 0 Å². The smallest absolute Gasteiger partial charge is 0.270 e. The number of rotatable bonds is 5. The minimum absolute atomic E-state index is 0.0274. The van der Waals surface area contributed by atoms with Crippen LogP contribution in [0.1, 0.15) is 22.2 Å². The average molecular weight is 290 g/mol. The summed E-state index contributed by atoms with van der Waals surface area (Å²) in [5.41, 5.74) is 0.223. The highest BCUT2D eigenvalue weighted by Crippen LogP contribution is 2.14. The van der Waals surface area contributed by atoms with Crippen LogP contribution in [0.25, 0.3) is 0 Å². The molecule has 0 saturated heterocycles. The van der Waals surface area contributed by atoms with Gasteiger partial charge in [-0.25, -0.2) is 0 Å². The molecule has 1 atom stereocenters. The quantitative estimate of drug-likeness (QED) is 0.679. The Labute approximate surface area is 120 Å². The van der Waals surface area contributed by atoms with Gasteiger partial charge in [-0.05, 0) is 24.4 Å². The van der Waals surface area contributed by atoms with E-state index in [4.69, 9.17) is 0 Å². The van der Waals surface area contributed by atoms with E-state index in [0.29, 0.717) is 5.56 Å². The third kappa shape index (κ3) is 3.64. The molecule has 0 aliphatic carbocycles. The third-order valence-electron chi connectivity index (χ3n) is 2.78. The van der Waals surface area contributed by atoms with Crippen LogP contribution in [-0.2, 0) is 6.42 Å². The van der Waals surface area contributed by atoms with Crippen LogP contribution in [0.2, 0.25) is 0 Å². The van der Waals surface area contributed by atoms with Crippen molar-refractivity contribution in [2.24, 2.45) is 0 Å². The van der Waals surface area contributed by atoms with Crippen LogP contribution in [0, 0.1) is 10.1 Å². The molecule has 0 bridgehead atoms. The Kier molecular flexibility index (Phi) is 4.47. The second kappa shape index (κ2) is 6.29. The lowest BCUT2D eigenvalue weighted by Gasteiger charge is -2.12. The van der Waals surface area contributed by atoms with E-state index in [1.54, 1.807) is 17.4 Å². The zero-order chi connectivity index (χ0) is 14.5. The number of carbonyl (C=O) groups is 1. The molecule has 1 N–H and O–H groups in total. The van der Waals surface area contributed by atoms with E-state index in [-0.39, 0.29) is 17.6 Å². The Morgan fingerprint density at radius 2 is 2.20 bits per heavy atom. The highest BCUT2D eigenvalue weighted by atomic mass is 32.1. The molecule has 20 heavy (non-hydrogen) atoms. The monoisotopic (exact) mass is 290 g/mol. The van der Waals surface area contributed by atoms with Crippen LogP contribution in [0.3, 0.4) is 0 Å². The maximum Gasteiger partial charge on any atom is 0.270 e. The number of nitrogens with one attached hydrogen (secondary N) is 1. The fraction of sp³-hybridized carbons (Fsp3) is 0.214. The first-order chi connectivity index (χ1) is 9.56. The molecule has 104 valence electrons. The van der Waals surface area contributed by atoms with Crippen molar-refractivity contribution in [3.8, 4) is 0 Å². The molecule has 0 aliphatic heterocycles. The number of carbonyl (C=O) groups excluding carboxylic acids is 1. The van der Waals surface area contributed by atoms with Gasteiger partial charge < -0.3 is 5.32 Å². The highest BCUT2D eigenvalue weighted by Gasteiger charge is 2.14. The maximum atomic E-state index is 12.0. The average Bonchev–Trinajstić information content (AvgIpc) is 2.91. The van der Waals surface area contributed by atoms with Crippen LogP contribution >= 0.6 is 11.3 Å². The largest absolute Gasteiger partial charge is 0.349 e. The van der Waals surface area contributed by atoms with Crippen molar-refractivity contribution in [3.05, 3.63) is 62.3 Å². The van der Waals surface area contributed by atoms with Gasteiger partial charge in [0.2, 0.25) is 0 Å². The maximum absolute atomic E-state index is 12.0. The third-order valence-corrected chi connectivity index (χ3v) is 3.68. The van der Waals surface area contributed by atoms with Gasteiger partial charge in [0.1, 0.15) is 0 Å². The zero-order valence-electron chi connectivity index (χ0n) is 10.9. The molecule has 2 aromatic rings. The number of benzene rings is 1. The fourth-order valence-corrected chi connectivity index (χ4v) is 2.68. The molecule has 1 aromatic carbocycles. The Bertz CT molecular complexity index is 611. The normalized spacial score (nSPS) is 11.8. The first-order valence-corrected chi connectivity index (χ1v) is 7.02. The Morgan fingerprint density at radius 1 is 1.40 bits per heavy atom. The second-order valence-electron chi connectivity index (χ2n) is 4.47. The van der Waals surface area contributed by atoms with Gasteiger partial charge in [-0.2, -0.15) is 0 Å². The van der Waals surface area contributed by atoms with Crippen LogP contribution in [-0.4, -0.2) is 16.9 Å². The second-order valence-corrected chi connectivity index (χ2v) is 5.50. The summed E-state index contributed by atoms with van der Waals surface area (Å²) in [5.74, 6) is -0.294. The molecule has 0 aliphatic rings. The summed E-state index contributed by atoms with van der Waals surface area (Å²) in [6.45, 7) is 1.91. The summed E-state index contributed by atoms with van der Waals surface area (Å²) >= 11 is 1.64. The number of amides is 1. The van der Waals surface area contributed by atoms with Gasteiger partial charge in [0, 0.05) is 35.0 Å². The van der Waals surface area contributed by atoms with Crippen molar-refractivity contribution >= 4 is 22.9 Å². The summed E-state index contributed by atoms with van der Waals surface area (Å²) in [5, 5.41) is 15.5. The Hall–Kier alpha value is -2.21. The Morgan fingerprint density at radius 3 is 2.85 bits per heavy atom. The van der Waals surface area contributed by atoms with E-state index in [0.717, 1.165) is 6.42 Å². The van der Waals surface area contributed by atoms with E-state index in [1.807, 2.05) is 24.4 Å². The van der Waals surface area contributed by atoms with E-state index in [9.17, 15) is 14.9 Å². The van der Waals surface area contributed by atoms with Crippen LogP contribution in [0.15, 0.2) is 41.8 Å². The summed E-state index contributed by atoms with van der Waals surface area (Å²) in [7, 11) is 0. The Balaban J connectivity index is 2.00. The highest BCUT2D eigenvalue weighted by molar-refractivity contribution is 7.09. The lowest BCUT2D eigenvalue weighted by Crippen LogP contribution is -2.33. The molecule has 5 nitrogen and oxygen atoms in total. The number of nitro benzene ring substituents is 1. The number of nitrogens with zero attached hydrogens (tertiary/aromatic N) is 1. The van der Waals surface area contributed by atoms with Gasteiger partial charge in [-0.3, -0.25) is 14.9 Å². The van der Waals surface area contributed by atoms with E-state index in [1.165, 1.54) is 23.1 Å². The lowest BCUT2D eigenvalue weighted by atomic mass is 10.1. The molecule has 6 heteroatoms. The molecule has 0 fully saturated rings. The zero-order valence-corrected chi connectivity index (χ0v) is 11.7. The van der Waals surface area contributed by atoms with E-state index < -0.39 is 4.92 Å². The van der Waals surface area contributed by atoms with E-state index in [2.05, 4.69) is 5.32 Å². The molecule has 2 rings (SSSR count). The van der Waals surface area contributed by atoms with Gasteiger partial charge in [0.25, 0.3) is 11.6 Å². The molecule has 1 amide bonds. The van der Waals surface area contributed by atoms with Crippen molar-refractivity contribution in [1.82, 2.24) is 5.32 Å². The first-order valence-electron chi connectivity index (χ1n) is 6.14. The van der Waals surface area contributed by atoms with Crippen molar-refractivity contribution in [3.63, 3.8) is 0 Å². The summed E-state index contributed by atoms with van der Waals surface area (Å²) < 4.78 is 0. The predicted octanol–water partition coefficient (Wildman–Crippen LogP) is 3.02. The molecule has 1 unspecified atom stereocenters. The molecular weight excluding hydrogens is 276 g/mol. The topological polar surface area (TPSA) is 72.2 Å². The van der Waals surface area contributed by atoms with Crippen molar-refractivity contribution < 1.29 is 9.72 Å². The number of thiophene rings is 1. The first kappa shape index (κ1) is 14.2.